The van der Waals surface area contributed by atoms with Crippen LogP contribution in [-0.4, -0.2) is 50.5 Å². The summed E-state index contributed by atoms with van der Waals surface area (Å²) in [6, 6.07) is 0. The lowest BCUT2D eigenvalue weighted by Crippen LogP contribution is -2.28. The Morgan fingerprint density at radius 3 is 2.67 bits per heavy atom. The molecule has 1 aliphatic heterocycles. The summed E-state index contributed by atoms with van der Waals surface area (Å²) >= 11 is 0. The maximum absolute atomic E-state index is 11.7. The van der Waals surface area contributed by atoms with Crippen LogP contribution in [0.1, 0.15) is 6.42 Å². The molecule has 0 bridgehead atoms. The summed E-state index contributed by atoms with van der Waals surface area (Å²) < 4.78 is 39.7. The van der Waals surface area contributed by atoms with Gasteiger partial charge in [0.2, 0.25) is 0 Å². The first-order chi connectivity index (χ1) is 7.01. The second kappa shape index (κ2) is 5.67. The minimum atomic E-state index is -4.22. The fourth-order valence-corrected chi connectivity index (χ4v) is 1.69. The summed E-state index contributed by atoms with van der Waals surface area (Å²) in [4.78, 5) is 2.09. The predicted molar refractivity (Wildman–Crippen MR) is 50.5 cm³/mol. The SMILES string of the molecule is NCC1CCN(CCOCC(F)(F)F)C1. The second-order valence-corrected chi connectivity index (χ2v) is 3.86. The van der Waals surface area contributed by atoms with Gasteiger partial charge in [-0.1, -0.05) is 0 Å². The van der Waals surface area contributed by atoms with E-state index >= 15 is 0 Å². The van der Waals surface area contributed by atoms with E-state index in [1.807, 2.05) is 0 Å². The first-order valence-corrected chi connectivity index (χ1v) is 5.08. The molecule has 0 radical (unpaired) electrons. The van der Waals surface area contributed by atoms with Gasteiger partial charge in [-0.25, -0.2) is 0 Å². The van der Waals surface area contributed by atoms with E-state index in [0.717, 1.165) is 19.5 Å². The number of hydrogen-bond donors (Lipinski definition) is 1. The summed E-state index contributed by atoms with van der Waals surface area (Å²) in [7, 11) is 0. The highest BCUT2D eigenvalue weighted by Crippen LogP contribution is 2.16. The third-order valence-electron chi connectivity index (χ3n) is 2.52. The van der Waals surface area contributed by atoms with Crippen LogP contribution in [0.5, 0.6) is 0 Å². The first-order valence-electron chi connectivity index (χ1n) is 5.08. The van der Waals surface area contributed by atoms with Gasteiger partial charge in [-0.15, -0.1) is 0 Å². The van der Waals surface area contributed by atoms with Gasteiger partial charge in [-0.3, -0.25) is 0 Å². The Bertz CT molecular complexity index is 187. The molecule has 1 atom stereocenters. The monoisotopic (exact) mass is 226 g/mol. The van der Waals surface area contributed by atoms with Crippen molar-refractivity contribution in [2.45, 2.75) is 12.6 Å². The van der Waals surface area contributed by atoms with Crippen molar-refractivity contribution < 1.29 is 17.9 Å². The topological polar surface area (TPSA) is 38.5 Å². The lowest BCUT2D eigenvalue weighted by atomic mass is 10.1. The molecule has 15 heavy (non-hydrogen) atoms. The zero-order valence-electron chi connectivity index (χ0n) is 8.59. The molecule has 90 valence electrons. The van der Waals surface area contributed by atoms with E-state index in [-0.39, 0.29) is 6.61 Å². The van der Waals surface area contributed by atoms with Gasteiger partial charge in [-0.2, -0.15) is 13.2 Å². The minimum Gasteiger partial charge on any atom is -0.371 e. The zero-order chi connectivity index (χ0) is 11.3. The van der Waals surface area contributed by atoms with Crippen LogP contribution in [0.2, 0.25) is 0 Å². The number of rotatable bonds is 5. The number of likely N-dealkylation sites (tertiary alicyclic amines) is 1. The fraction of sp³-hybridized carbons (Fsp3) is 1.00. The molecule has 1 fully saturated rings. The van der Waals surface area contributed by atoms with Crippen molar-refractivity contribution in [3.05, 3.63) is 0 Å². The molecule has 1 unspecified atom stereocenters. The van der Waals surface area contributed by atoms with E-state index in [1.165, 1.54) is 0 Å². The number of nitrogens with two attached hydrogens (primary N) is 1. The maximum Gasteiger partial charge on any atom is 0.411 e. The van der Waals surface area contributed by atoms with Crippen molar-refractivity contribution in [3.63, 3.8) is 0 Å². The summed E-state index contributed by atoms with van der Waals surface area (Å²) in [5.41, 5.74) is 5.50. The Hall–Kier alpha value is -0.330. The molecule has 0 aromatic rings. The Morgan fingerprint density at radius 1 is 1.40 bits per heavy atom. The van der Waals surface area contributed by atoms with Crippen molar-refractivity contribution in [3.8, 4) is 0 Å². The predicted octanol–water partition coefficient (Wildman–Crippen LogP) is 0.846. The lowest BCUT2D eigenvalue weighted by Gasteiger charge is -2.15. The third kappa shape index (κ3) is 5.34. The second-order valence-electron chi connectivity index (χ2n) is 3.86. The van der Waals surface area contributed by atoms with Crippen molar-refractivity contribution in [1.82, 2.24) is 4.90 Å². The van der Waals surface area contributed by atoms with Crippen LogP contribution in [0.25, 0.3) is 0 Å². The Labute approximate surface area is 87.4 Å². The Balaban J connectivity index is 2.02. The molecule has 1 saturated heterocycles. The number of alkyl halides is 3. The molecule has 0 aliphatic carbocycles. The molecule has 3 nitrogen and oxygen atoms in total. The summed E-state index contributed by atoms with van der Waals surface area (Å²) in [6.45, 7) is 1.99. The molecule has 0 saturated carbocycles. The highest BCUT2D eigenvalue weighted by molar-refractivity contribution is 4.75. The molecular weight excluding hydrogens is 209 g/mol. The average Bonchev–Trinajstić information content (AvgIpc) is 2.59. The molecule has 1 rings (SSSR count). The molecule has 1 aliphatic rings. The summed E-state index contributed by atoms with van der Waals surface area (Å²) in [5.74, 6) is 0.493. The van der Waals surface area contributed by atoms with E-state index in [1.54, 1.807) is 0 Å². The van der Waals surface area contributed by atoms with Crippen molar-refractivity contribution in [1.29, 1.82) is 0 Å². The first kappa shape index (κ1) is 12.7. The van der Waals surface area contributed by atoms with E-state index in [0.29, 0.717) is 19.0 Å². The third-order valence-corrected chi connectivity index (χ3v) is 2.52. The van der Waals surface area contributed by atoms with Crippen LogP contribution in [0.3, 0.4) is 0 Å². The van der Waals surface area contributed by atoms with Gasteiger partial charge in [-0.05, 0) is 25.4 Å². The van der Waals surface area contributed by atoms with Gasteiger partial charge in [0.25, 0.3) is 0 Å². The van der Waals surface area contributed by atoms with Crippen LogP contribution in [-0.2, 0) is 4.74 Å². The standard InChI is InChI=1S/C9H17F3N2O/c10-9(11,12)7-15-4-3-14-2-1-8(5-13)6-14/h8H,1-7,13H2. The van der Waals surface area contributed by atoms with Crippen molar-refractivity contribution in [2.24, 2.45) is 11.7 Å². The molecule has 0 spiro atoms. The highest BCUT2D eigenvalue weighted by Gasteiger charge is 2.27. The molecule has 0 aromatic heterocycles. The maximum atomic E-state index is 11.7. The van der Waals surface area contributed by atoms with Crippen LogP contribution in [0, 0.1) is 5.92 Å². The normalized spacial score (nSPS) is 23.6. The Kier molecular flexibility index (Phi) is 4.82. The lowest BCUT2D eigenvalue weighted by molar-refractivity contribution is -0.174. The number of halogens is 3. The molecule has 1 heterocycles. The fourth-order valence-electron chi connectivity index (χ4n) is 1.69. The van der Waals surface area contributed by atoms with Crippen LogP contribution >= 0.6 is 0 Å². The number of nitrogens with zero attached hydrogens (tertiary/aromatic N) is 1. The van der Waals surface area contributed by atoms with Gasteiger partial charge in [0.15, 0.2) is 0 Å². The number of hydrogen-bond acceptors (Lipinski definition) is 3. The van der Waals surface area contributed by atoms with Gasteiger partial charge in [0.1, 0.15) is 6.61 Å². The summed E-state index contributed by atoms with van der Waals surface area (Å²) in [5, 5.41) is 0. The van der Waals surface area contributed by atoms with Gasteiger partial charge in [0, 0.05) is 13.1 Å². The molecule has 0 aromatic carbocycles. The smallest absolute Gasteiger partial charge is 0.371 e. The van der Waals surface area contributed by atoms with Crippen LogP contribution in [0.15, 0.2) is 0 Å². The molecule has 6 heteroatoms. The van der Waals surface area contributed by atoms with E-state index in [9.17, 15) is 13.2 Å². The van der Waals surface area contributed by atoms with E-state index < -0.39 is 12.8 Å². The highest BCUT2D eigenvalue weighted by atomic mass is 19.4. The van der Waals surface area contributed by atoms with Gasteiger partial charge < -0.3 is 15.4 Å². The van der Waals surface area contributed by atoms with Crippen LogP contribution in [0.4, 0.5) is 13.2 Å². The molecule has 0 amide bonds. The zero-order valence-corrected chi connectivity index (χ0v) is 8.59. The summed E-state index contributed by atoms with van der Waals surface area (Å²) in [6.07, 6.45) is -3.18. The van der Waals surface area contributed by atoms with Crippen molar-refractivity contribution >= 4 is 0 Å². The number of ether oxygens (including phenoxy) is 1. The largest absolute Gasteiger partial charge is 0.411 e. The average molecular weight is 226 g/mol. The quantitative estimate of drug-likeness (QED) is 0.706. The van der Waals surface area contributed by atoms with Crippen LogP contribution < -0.4 is 5.73 Å². The molecule has 2 N–H and O–H groups in total. The minimum absolute atomic E-state index is 0.136. The Morgan fingerprint density at radius 2 is 2.13 bits per heavy atom. The van der Waals surface area contributed by atoms with Gasteiger partial charge in [0.05, 0.1) is 6.61 Å². The van der Waals surface area contributed by atoms with Gasteiger partial charge >= 0.3 is 6.18 Å². The van der Waals surface area contributed by atoms with E-state index in [2.05, 4.69) is 9.64 Å². The van der Waals surface area contributed by atoms with E-state index in [4.69, 9.17) is 5.73 Å². The molecular formula is C9H17F3N2O. The van der Waals surface area contributed by atoms with Crippen molar-refractivity contribution in [2.75, 3.05) is 39.4 Å².